The molecule has 1 aliphatic rings. The van der Waals surface area contributed by atoms with E-state index < -0.39 is 0 Å². The predicted octanol–water partition coefficient (Wildman–Crippen LogP) is 4.64. The highest BCUT2D eigenvalue weighted by Crippen LogP contribution is 2.40. The van der Waals surface area contributed by atoms with Crippen molar-refractivity contribution >= 4 is 63.0 Å². The SMILES string of the molecule is CCOC(=O)c1c(NC(=S)NC(=O)/C=C/c2cccs2)sc2c1CCC(C)C2. The molecule has 0 radical (unpaired) electrons. The first-order valence-electron chi connectivity index (χ1n) is 9.13. The van der Waals surface area contributed by atoms with Gasteiger partial charge in [-0.3, -0.25) is 10.1 Å². The first kappa shape index (κ1) is 20.7. The van der Waals surface area contributed by atoms with Crippen LogP contribution >= 0.6 is 34.9 Å². The van der Waals surface area contributed by atoms with Gasteiger partial charge in [-0.25, -0.2) is 4.79 Å². The molecule has 5 nitrogen and oxygen atoms in total. The van der Waals surface area contributed by atoms with Gasteiger partial charge in [0.2, 0.25) is 5.91 Å². The highest BCUT2D eigenvalue weighted by atomic mass is 32.1. The summed E-state index contributed by atoms with van der Waals surface area (Å²) in [6.45, 7) is 4.31. The molecule has 0 aromatic carbocycles. The lowest BCUT2D eigenvalue weighted by atomic mass is 9.88. The van der Waals surface area contributed by atoms with E-state index in [0.29, 0.717) is 23.1 Å². The molecule has 148 valence electrons. The summed E-state index contributed by atoms with van der Waals surface area (Å²) < 4.78 is 5.25. The Morgan fingerprint density at radius 1 is 1.43 bits per heavy atom. The van der Waals surface area contributed by atoms with Crippen LogP contribution in [0.25, 0.3) is 6.08 Å². The van der Waals surface area contributed by atoms with Crippen molar-refractivity contribution in [3.63, 3.8) is 0 Å². The zero-order valence-electron chi connectivity index (χ0n) is 15.7. The molecule has 0 saturated carbocycles. The molecule has 3 rings (SSSR count). The normalized spacial score (nSPS) is 15.9. The number of rotatable bonds is 5. The van der Waals surface area contributed by atoms with Crippen LogP contribution in [0.5, 0.6) is 0 Å². The van der Waals surface area contributed by atoms with Crippen LogP contribution in [0.1, 0.15) is 45.9 Å². The second-order valence-corrected chi connectivity index (χ2v) is 9.06. The number of esters is 1. The van der Waals surface area contributed by atoms with Crippen LogP contribution in [0.15, 0.2) is 23.6 Å². The van der Waals surface area contributed by atoms with E-state index in [4.69, 9.17) is 17.0 Å². The maximum Gasteiger partial charge on any atom is 0.341 e. The fraction of sp³-hybridized carbons (Fsp3) is 0.350. The maximum atomic E-state index is 12.5. The molecule has 1 unspecified atom stereocenters. The lowest BCUT2D eigenvalue weighted by Gasteiger charge is -2.18. The molecule has 2 heterocycles. The largest absolute Gasteiger partial charge is 0.462 e. The fourth-order valence-corrected chi connectivity index (χ4v) is 5.38. The molecule has 2 aromatic rings. The lowest BCUT2D eigenvalue weighted by Crippen LogP contribution is -2.33. The average Bonchev–Trinajstić information content (AvgIpc) is 3.26. The number of carbonyl (C=O) groups excluding carboxylic acids is 2. The van der Waals surface area contributed by atoms with Crippen LogP contribution in [0.2, 0.25) is 0 Å². The van der Waals surface area contributed by atoms with Gasteiger partial charge in [0, 0.05) is 15.8 Å². The van der Waals surface area contributed by atoms with Crippen molar-refractivity contribution in [3.05, 3.63) is 44.5 Å². The second-order valence-electron chi connectivity index (χ2n) is 6.57. The van der Waals surface area contributed by atoms with Crippen molar-refractivity contribution in [3.8, 4) is 0 Å². The van der Waals surface area contributed by atoms with Crippen molar-refractivity contribution in [1.29, 1.82) is 0 Å². The number of anilines is 1. The monoisotopic (exact) mass is 434 g/mol. The van der Waals surface area contributed by atoms with Crippen LogP contribution in [-0.2, 0) is 22.4 Å². The Morgan fingerprint density at radius 3 is 2.96 bits per heavy atom. The summed E-state index contributed by atoms with van der Waals surface area (Å²) in [7, 11) is 0. The van der Waals surface area contributed by atoms with Crippen molar-refractivity contribution in [2.75, 3.05) is 11.9 Å². The molecule has 1 amide bonds. The summed E-state index contributed by atoms with van der Waals surface area (Å²) in [4.78, 5) is 26.8. The Hall–Kier alpha value is -2.03. The highest BCUT2D eigenvalue weighted by molar-refractivity contribution is 7.80. The van der Waals surface area contributed by atoms with Gasteiger partial charge in [0.15, 0.2) is 5.11 Å². The molecule has 0 aliphatic heterocycles. The number of hydrogen-bond donors (Lipinski definition) is 2. The minimum Gasteiger partial charge on any atom is -0.462 e. The van der Waals surface area contributed by atoms with Crippen molar-refractivity contribution in [2.24, 2.45) is 5.92 Å². The number of thiophene rings is 2. The van der Waals surface area contributed by atoms with Crippen molar-refractivity contribution < 1.29 is 14.3 Å². The summed E-state index contributed by atoms with van der Waals surface area (Å²) in [6, 6.07) is 3.85. The Bertz CT molecular complexity index is 900. The Balaban J connectivity index is 1.72. The van der Waals surface area contributed by atoms with Gasteiger partial charge in [0.25, 0.3) is 0 Å². The van der Waals surface area contributed by atoms with Gasteiger partial charge in [0.1, 0.15) is 5.00 Å². The number of hydrogen-bond acceptors (Lipinski definition) is 6. The van der Waals surface area contributed by atoms with E-state index in [0.717, 1.165) is 29.7 Å². The smallest absolute Gasteiger partial charge is 0.341 e. The average molecular weight is 435 g/mol. The van der Waals surface area contributed by atoms with Gasteiger partial charge in [-0.05, 0) is 67.4 Å². The van der Waals surface area contributed by atoms with Gasteiger partial charge >= 0.3 is 5.97 Å². The number of fused-ring (bicyclic) bond motifs is 1. The molecule has 0 fully saturated rings. The molecular weight excluding hydrogens is 412 g/mol. The maximum absolute atomic E-state index is 12.5. The zero-order valence-corrected chi connectivity index (χ0v) is 18.2. The minimum absolute atomic E-state index is 0.165. The Morgan fingerprint density at radius 2 is 2.25 bits per heavy atom. The molecule has 2 N–H and O–H groups in total. The van der Waals surface area contributed by atoms with Crippen LogP contribution in [-0.4, -0.2) is 23.6 Å². The molecule has 1 atom stereocenters. The van der Waals surface area contributed by atoms with Gasteiger partial charge in [-0.2, -0.15) is 0 Å². The van der Waals surface area contributed by atoms with Crippen LogP contribution < -0.4 is 10.6 Å². The number of amides is 1. The zero-order chi connectivity index (χ0) is 20.1. The van der Waals surface area contributed by atoms with E-state index in [2.05, 4.69) is 17.6 Å². The first-order valence-corrected chi connectivity index (χ1v) is 11.2. The number of carbonyl (C=O) groups is 2. The first-order chi connectivity index (χ1) is 13.5. The van der Waals surface area contributed by atoms with Crippen molar-refractivity contribution in [2.45, 2.75) is 33.1 Å². The molecule has 0 saturated heterocycles. The number of thiocarbonyl (C=S) groups is 1. The standard InChI is InChI=1S/C20H22N2O3S3/c1-3-25-19(24)17-14-8-6-12(2)11-15(14)28-18(17)22-20(26)21-16(23)9-7-13-5-4-10-27-13/h4-5,7,9-10,12H,3,6,8,11H2,1-2H3,(H2,21,22,23,26)/b9-7+. The number of nitrogens with one attached hydrogen (secondary N) is 2. The van der Waals surface area contributed by atoms with Gasteiger partial charge in [-0.1, -0.05) is 13.0 Å². The lowest BCUT2D eigenvalue weighted by molar-refractivity contribution is -0.115. The fourth-order valence-electron chi connectivity index (χ4n) is 3.09. The minimum atomic E-state index is -0.344. The third-order valence-electron chi connectivity index (χ3n) is 4.40. The highest BCUT2D eigenvalue weighted by Gasteiger charge is 2.28. The van der Waals surface area contributed by atoms with Crippen molar-refractivity contribution in [1.82, 2.24) is 5.32 Å². The molecule has 2 aromatic heterocycles. The molecule has 8 heteroatoms. The molecular formula is C20H22N2O3S3. The molecule has 1 aliphatic carbocycles. The van der Waals surface area contributed by atoms with Gasteiger partial charge < -0.3 is 10.1 Å². The van der Waals surface area contributed by atoms with Crippen LogP contribution in [0.3, 0.4) is 0 Å². The van der Waals surface area contributed by atoms with Gasteiger partial charge in [-0.15, -0.1) is 22.7 Å². The number of ether oxygens (including phenoxy) is 1. The Labute approximate surface area is 177 Å². The van der Waals surface area contributed by atoms with E-state index in [1.54, 1.807) is 24.3 Å². The second kappa shape index (κ2) is 9.45. The van der Waals surface area contributed by atoms with E-state index in [1.165, 1.54) is 22.3 Å². The van der Waals surface area contributed by atoms with E-state index in [9.17, 15) is 9.59 Å². The summed E-state index contributed by atoms with van der Waals surface area (Å²) in [5.41, 5.74) is 1.61. The van der Waals surface area contributed by atoms with Crippen LogP contribution in [0, 0.1) is 5.92 Å². The quantitative estimate of drug-likeness (QED) is 0.408. The summed E-state index contributed by atoms with van der Waals surface area (Å²) in [5, 5.41) is 8.42. The summed E-state index contributed by atoms with van der Waals surface area (Å²) in [6.07, 6.45) is 6.01. The Kier molecular flexibility index (Phi) is 6.98. The summed E-state index contributed by atoms with van der Waals surface area (Å²) >= 11 is 8.35. The summed E-state index contributed by atoms with van der Waals surface area (Å²) in [5.74, 6) is -0.0783. The van der Waals surface area contributed by atoms with E-state index in [-0.39, 0.29) is 17.0 Å². The molecule has 28 heavy (non-hydrogen) atoms. The molecule has 0 bridgehead atoms. The van der Waals surface area contributed by atoms with E-state index in [1.807, 2.05) is 17.5 Å². The third kappa shape index (κ3) is 5.06. The topological polar surface area (TPSA) is 67.4 Å². The van der Waals surface area contributed by atoms with Gasteiger partial charge in [0.05, 0.1) is 12.2 Å². The predicted molar refractivity (Wildman–Crippen MR) is 119 cm³/mol. The van der Waals surface area contributed by atoms with Crippen LogP contribution in [0.4, 0.5) is 5.00 Å². The molecule has 0 spiro atoms. The van der Waals surface area contributed by atoms with E-state index >= 15 is 0 Å². The third-order valence-corrected chi connectivity index (χ3v) is 6.61.